The van der Waals surface area contributed by atoms with E-state index in [-0.39, 0.29) is 25.1 Å². The number of esters is 1. The minimum atomic E-state index is -4.44. The number of unbranched alkanes of at least 4 members (excludes halogenated alkanes) is 40. The van der Waals surface area contributed by atoms with Crippen LogP contribution in [0.3, 0.4) is 0 Å². The van der Waals surface area contributed by atoms with Crippen LogP contribution < -0.4 is 5.32 Å². The molecule has 0 aromatic heterocycles. The molecule has 432 valence electrons. The minimum absolute atomic E-state index is 0.0441. The summed E-state index contributed by atoms with van der Waals surface area (Å²) < 4.78 is 30.7. The molecule has 0 rings (SSSR count). The summed E-state index contributed by atoms with van der Waals surface area (Å²) in [4.78, 5) is 37.6. The second-order valence-electron chi connectivity index (χ2n) is 22.9. The summed E-state index contributed by atoms with van der Waals surface area (Å²) in [6.45, 7) is 7.04. The molecule has 0 fully saturated rings. The van der Waals surface area contributed by atoms with E-state index in [1.54, 1.807) is 0 Å². The first-order valence-electron chi connectivity index (χ1n) is 31.7. The van der Waals surface area contributed by atoms with Gasteiger partial charge in [-0.15, -0.1) is 0 Å². The molecule has 1 amide bonds. The summed E-state index contributed by atoms with van der Waals surface area (Å²) in [5, 5.41) is 3.06. The van der Waals surface area contributed by atoms with Crippen LogP contribution in [0.15, 0.2) is 24.3 Å². The van der Waals surface area contributed by atoms with Gasteiger partial charge in [-0.1, -0.05) is 270 Å². The van der Waals surface area contributed by atoms with Crippen molar-refractivity contribution in [2.45, 2.75) is 328 Å². The number of ether oxygens (including phenoxy) is 1. The van der Waals surface area contributed by atoms with Gasteiger partial charge in [-0.05, 0) is 57.4 Å². The third kappa shape index (κ3) is 55.1. The largest absolute Gasteiger partial charge is 0.472 e. The highest BCUT2D eigenvalue weighted by Crippen LogP contribution is 2.43. The second-order valence-corrected chi connectivity index (χ2v) is 24.4. The Kier molecular flexibility index (Phi) is 52.8. The molecule has 0 aromatic carbocycles. The van der Waals surface area contributed by atoms with E-state index < -0.39 is 20.0 Å². The molecule has 3 unspecified atom stereocenters. The van der Waals surface area contributed by atoms with Crippen molar-refractivity contribution in [3.8, 4) is 0 Å². The van der Waals surface area contributed by atoms with E-state index in [1.807, 2.05) is 33.3 Å². The van der Waals surface area contributed by atoms with Crippen LogP contribution in [0.5, 0.6) is 0 Å². The predicted molar refractivity (Wildman–Crippen MR) is 314 cm³/mol. The molecule has 0 aliphatic rings. The van der Waals surface area contributed by atoms with Gasteiger partial charge in [0.2, 0.25) is 5.91 Å². The van der Waals surface area contributed by atoms with Crippen LogP contribution in [0.4, 0.5) is 0 Å². The molecule has 0 radical (unpaired) electrons. The molecule has 0 aliphatic carbocycles. The molecular formula is C63H124N2O7P+. The number of rotatable bonds is 58. The Morgan fingerprint density at radius 3 is 1.16 bits per heavy atom. The zero-order valence-electron chi connectivity index (χ0n) is 49.4. The monoisotopic (exact) mass is 1050 g/mol. The molecule has 9 nitrogen and oxygen atoms in total. The van der Waals surface area contributed by atoms with Gasteiger partial charge in [0.1, 0.15) is 19.3 Å². The van der Waals surface area contributed by atoms with E-state index in [0.717, 1.165) is 57.8 Å². The topological polar surface area (TPSA) is 111 Å². The van der Waals surface area contributed by atoms with Crippen molar-refractivity contribution in [1.29, 1.82) is 0 Å². The fraction of sp³-hybridized carbons (Fsp3) is 0.905. The van der Waals surface area contributed by atoms with Crippen molar-refractivity contribution in [1.82, 2.24) is 5.32 Å². The van der Waals surface area contributed by atoms with Crippen molar-refractivity contribution in [3.05, 3.63) is 24.3 Å². The van der Waals surface area contributed by atoms with Gasteiger partial charge in [0, 0.05) is 12.8 Å². The number of nitrogens with one attached hydrogen (secondary N) is 1. The summed E-state index contributed by atoms with van der Waals surface area (Å²) in [5.41, 5.74) is 0. The van der Waals surface area contributed by atoms with Gasteiger partial charge >= 0.3 is 13.8 Å². The molecule has 0 aliphatic heterocycles. The van der Waals surface area contributed by atoms with Gasteiger partial charge in [0.15, 0.2) is 0 Å². The smallest absolute Gasteiger partial charge is 0.456 e. The lowest BCUT2D eigenvalue weighted by molar-refractivity contribution is -0.870. The summed E-state index contributed by atoms with van der Waals surface area (Å²) in [6.07, 6.45) is 63.2. The number of nitrogens with zero attached hydrogens (tertiary/aromatic N) is 1. The van der Waals surface area contributed by atoms with Crippen LogP contribution in [0.25, 0.3) is 0 Å². The quantitative estimate of drug-likeness (QED) is 0.0205. The van der Waals surface area contributed by atoms with Gasteiger partial charge in [-0.25, -0.2) is 4.57 Å². The third-order valence-electron chi connectivity index (χ3n) is 14.4. The number of carbonyl (C=O) groups is 2. The standard InChI is InChI=1S/C63H123N2O7P/c1-7-10-13-16-19-22-25-27-28-29-30-31-32-33-34-35-36-38-41-44-47-50-53-56-63(67)72-61(54-51-48-45-42-40-37-26-23-20-17-14-11-8-2)60(59-71-73(68,69)70-58-57-65(4,5)6)64-62(66)55-52-49-46-43-39-24-21-18-15-12-9-3/h27-28,51,54,60-61H,7-26,29-50,52-53,55-59H2,1-6H3,(H-,64,66,68,69)/p+1/b28-27+,54-51-. The maximum Gasteiger partial charge on any atom is 0.472 e. The van der Waals surface area contributed by atoms with Crippen LogP contribution in [0, 0.1) is 0 Å². The fourth-order valence-electron chi connectivity index (χ4n) is 9.47. The van der Waals surface area contributed by atoms with Crippen molar-refractivity contribution in [2.24, 2.45) is 0 Å². The number of likely N-dealkylation sites (N-methyl/N-ethyl adjacent to an activating group) is 1. The lowest BCUT2D eigenvalue weighted by Crippen LogP contribution is -2.47. The first kappa shape index (κ1) is 71.5. The molecule has 0 spiro atoms. The summed E-state index contributed by atoms with van der Waals surface area (Å²) in [5.74, 6) is -0.490. The van der Waals surface area contributed by atoms with Gasteiger partial charge in [0.25, 0.3) is 0 Å². The Hall–Kier alpha value is -1.51. The normalized spacial score (nSPS) is 13.8. The van der Waals surface area contributed by atoms with Gasteiger partial charge in [-0.2, -0.15) is 0 Å². The maximum atomic E-state index is 13.5. The van der Waals surface area contributed by atoms with Gasteiger partial charge in [-0.3, -0.25) is 18.6 Å². The van der Waals surface area contributed by atoms with Crippen LogP contribution in [0.1, 0.15) is 316 Å². The van der Waals surface area contributed by atoms with Gasteiger partial charge < -0.3 is 19.4 Å². The highest BCUT2D eigenvalue weighted by atomic mass is 31.2. The van der Waals surface area contributed by atoms with E-state index in [2.05, 4.69) is 38.2 Å². The Morgan fingerprint density at radius 2 is 0.795 bits per heavy atom. The van der Waals surface area contributed by atoms with Crippen LogP contribution >= 0.6 is 7.82 Å². The number of carbonyl (C=O) groups excluding carboxylic acids is 2. The minimum Gasteiger partial charge on any atom is -0.456 e. The lowest BCUT2D eigenvalue weighted by Gasteiger charge is -2.27. The number of hydrogen-bond acceptors (Lipinski definition) is 6. The molecule has 0 heterocycles. The average molecular weight is 1050 g/mol. The zero-order valence-corrected chi connectivity index (χ0v) is 50.3. The summed E-state index contributed by atoms with van der Waals surface area (Å²) in [6, 6.07) is -0.841. The van der Waals surface area contributed by atoms with Crippen LogP contribution in [-0.4, -0.2) is 74.3 Å². The molecule has 10 heteroatoms. The van der Waals surface area contributed by atoms with Crippen LogP contribution in [0.2, 0.25) is 0 Å². The number of amides is 1. The van der Waals surface area contributed by atoms with E-state index in [0.29, 0.717) is 23.9 Å². The molecule has 3 atom stereocenters. The number of phosphoric ester groups is 1. The average Bonchev–Trinajstić information content (AvgIpc) is 3.35. The van der Waals surface area contributed by atoms with E-state index in [4.69, 9.17) is 13.8 Å². The number of hydrogen-bond donors (Lipinski definition) is 2. The Morgan fingerprint density at radius 1 is 0.466 bits per heavy atom. The van der Waals surface area contributed by atoms with Crippen molar-refractivity contribution >= 4 is 19.7 Å². The Labute approximate surface area is 454 Å². The summed E-state index contributed by atoms with van der Waals surface area (Å²) in [7, 11) is 1.51. The first-order valence-corrected chi connectivity index (χ1v) is 33.2. The van der Waals surface area contributed by atoms with E-state index >= 15 is 0 Å². The molecule has 73 heavy (non-hydrogen) atoms. The number of phosphoric acid groups is 1. The predicted octanol–water partition coefficient (Wildman–Crippen LogP) is 19.3. The molecular weight excluding hydrogens is 928 g/mol. The maximum absolute atomic E-state index is 13.5. The number of allylic oxidation sites excluding steroid dienone is 3. The van der Waals surface area contributed by atoms with E-state index in [1.165, 1.54) is 225 Å². The summed E-state index contributed by atoms with van der Waals surface area (Å²) >= 11 is 0. The molecule has 0 saturated heterocycles. The molecule has 0 bridgehead atoms. The van der Waals surface area contributed by atoms with E-state index in [9.17, 15) is 19.0 Å². The Bertz CT molecular complexity index is 1300. The first-order chi connectivity index (χ1) is 35.4. The van der Waals surface area contributed by atoms with Crippen molar-refractivity contribution < 1.29 is 37.3 Å². The molecule has 2 N–H and O–H groups in total. The Balaban J connectivity index is 5.10. The van der Waals surface area contributed by atoms with Crippen LogP contribution in [-0.2, 0) is 27.9 Å². The highest BCUT2D eigenvalue weighted by molar-refractivity contribution is 7.47. The highest BCUT2D eigenvalue weighted by Gasteiger charge is 2.30. The number of quaternary nitrogens is 1. The molecule has 0 aromatic rings. The van der Waals surface area contributed by atoms with Crippen molar-refractivity contribution in [2.75, 3.05) is 40.9 Å². The van der Waals surface area contributed by atoms with Crippen molar-refractivity contribution in [3.63, 3.8) is 0 Å². The lowest BCUT2D eigenvalue weighted by atomic mass is 10.0. The SMILES string of the molecule is CCCCCCCC/C=C/CCCCCCCCCCCCCCCC(=O)OC(/C=C\CCCCCCCCCCCCC)C(COP(=O)(O)OCC[N+](C)(C)C)NC(=O)CCCCCCCCCCCCC. The fourth-order valence-corrected chi connectivity index (χ4v) is 10.2. The third-order valence-corrected chi connectivity index (χ3v) is 15.4. The second kappa shape index (κ2) is 53.9. The van der Waals surface area contributed by atoms with Gasteiger partial charge in [0.05, 0.1) is 33.8 Å². The zero-order chi connectivity index (χ0) is 53.6. The molecule has 0 saturated carbocycles.